The van der Waals surface area contributed by atoms with Gasteiger partial charge in [-0.3, -0.25) is 4.79 Å². The van der Waals surface area contributed by atoms with E-state index in [9.17, 15) is 9.59 Å². The Hall–Kier alpha value is -3.22. The van der Waals surface area contributed by atoms with E-state index >= 15 is 0 Å². The number of esters is 1. The number of carbonyl (C=O) groups excluding carboxylic acids is 2. The summed E-state index contributed by atoms with van der Waals surface area (Å²) < 4.78 is 4.68. The normalized spacial score (nSPS) is 13.4. The quantitative estimate of drug-likeness (QED) is 0.560. The molecule has 0 fully saturated rings. The van der Waals surface area contributed by atoms with E-state index in [4.69, 9.17) is 0 Å². The first-order valence-electron chi connectivity index (χ1n) is 9.39. The van der Waals surface area contributed by atoms with Gasteiger partial charge in [0.2, 0.25) is 5.95 Å². The van der Waals surface area contributed by atoms with Crippen LogP contribution in [0.5, 0.6) is 0 Å². The summed E-state index contributed by atoms with van der Waals surface area (Å²) in [6, 6.07) is 6.54. The van der Waals surface area contributed by atoms with Gasteiger partial charge in [0.15, 0.2) is 0 Å². The van der Waals surface area contributed by atoms with E-state index in [1.807, 2.05) is 0 Å². The molecule has 0 spiro atoms. The molecule has 1 aromatic carbocycles. The molecule has 0 saturated carbocycles. The number of methoxy groups -OCH3 is 1. The van der Waals surface area contributed by atoms with Gasteiger partial charge in [-0.05, 0) is 50.3 Å². The number of rotatable bonds is 7. The van der Waals surface area contributed by atoms with Crippen molar-refractivity contribution in [1.29, 1.82) is 0 Å². The highest BCUT2D eigenvalue weighted by atomic mass is 16.5. The van der Waals surface area contributed by atoms with Crippen molar-refractivity contribution < 1.29 is 14.3 Å². The SMILES string of the molecule is COC(=O)c1cccc(NC(=O)c2cnc(NCCC3=CCCCC3)nc2)c1. The molecule has 0 bridgehead atoms. The highest BCUT2D eigenvalue weighted by Crippen LogP contribution is 2.19. The minimum atomic E-state index is -0.459. The Morgan fingerprint density at radius 3 is 2.68 bits per heavy atom. The third-order valence-electron chi connectivity index (χ3n) is 4.57. The molecule has 7 nitrogen and oxygen atoms in total. The molecule has 2 aromatic rings. The van der Waals surface area contributed by atoms with Gasteiger partial charge in [-0.15, -0.1) is 0 Å². The Morgan fingerprint density at radius 2 is 1.96 bits per heavy atom. The van der Waals surface area contributed by atoms with Crippen LogP contribution in [-0.4, -0.2) is 35.5 Å². The number of nitrogens with one attached hydrogen (secondary N) is 2. The molecule has 0 unspecified atom stereocenters. The maximum atomic E-state index is 12.4. The predicted octanol–water partition coefficient (Wildman–Crippen LogP) is 3.82. The predicted molar refractivity (Wildman–Crippen MR) is 107 cm³/mol. The molecule has 7 heteroatoms. The number of amides is 1. The molecule has 1 aromatic heterocycles. The Balaban J connectivity index is 1.53. The second kappa shape index (κ2) is 9.64. The van der Waals surface area contributed by atoms with Crippen molar-refractivity contribution in [3.8, 4) is 0 Å². The van der Waals surface area contributed by atoms with E-state index in [1.54, 1.807) is 24.3 Å². The molecule has 146 valence electrons. The van der Waals surface area contributed by atoms with Crippen molar-refractivity contribution in [2.75, 3.05) is 24.3 Å². The van der Waals surface area contributed by atoms with Crippen molar-refractivity contribution in [3.05, 3.63) is 59.4 Å². The standard InChI is InChI=1S/C21H24N4O3/c1-28-20(27)16-8-5-9-18(12-16)25-19(26)17-13-23-21(24-14-17)22-11-10-15-6-3-2-4-7-15/h5-6,8-9,12-14H,2-4,7,10-11H2,1H3,(H,25,26)(H,22,23,24). The van der Waals surface area contributed by atoms with Crippen molar-refractivity contribution in [2.45, 2.75) is 32.1 Å². The van der Waals surface area contributed by atoms with E-state index < -0.39 is 5.97 Å². The zero-order valence-electron chi connectivity index (χ0n) is 15.9. The van der Waals surface area contributed by atoms with Crippen molar-refractivity contribution in [1.82, 2.24) is 9.97 Å². The van der Waals surface area contributed by atoms with E-state index in [0.29, 0.717) is 22.8 Å². The van der Waals surface area contributed by atoms with Gasteiger partial charge in [0, 0.05) is 24.6 Å². The van der Waals surface area contributed by atoms with Crippen LogP contribution in [0, 0.1) is 0 Å². The Morgan fingerprint density at radius 1 is 1.14 bits per heavy atom. The lowest BCUT2D eigenvalue weighted by Crippen LogP contribution is -2.14. The molecular formula is C21H24N4O3. The van der Waals surface area contributed by atoms with Crippen molar-refractivity contribution in [3.63, 3.8) is 0 Å². The molecule has 1 aliphatic rings. The van der Waals surface area contributed by atoms with Crippen LogP contribution in [0.1, 0.15) is 52.8 Å². The van der Waals surface area contributed by atoms with Gasteiger partial charge in [-0.25, -0.2) is 14.8 Å². The maximum Gasteiger partial charge on any atom is 0.337 e. The lowest BCUT2D eigenvalue weighted by Gasteiger charge is -2.12. The van der Waals surface area contributed by atoms with Crippen LogP contribution < -0.4 is 10.6 Å². The fraction of sp³-hybridized carbons (Fsp3) is 0.333. The lowest BCUT2D eigenvalue weighted by atomic mass is 9.97. The fourth-order valence-electron chi connectivity index (χ4n) is 3.05. The summed E-state index contributed by atoms with van der Waals surface area (Å²) in [4.78, 5) is 32.4. The monoisotopic (exact) mass is 380 g/mol. The molecule has 2 N–H and O–H groups in total. The Labute approximate surface area is 164 Å². The number of nitrogens with zero attached hydrogens (tertiary/aromatic N) is 2. The van der Waals surface area contributed by atoms with Crippen LogP contribution in [0.4, 0.5) is 11.6 Å². The summed E-state index contributed by atoms with van der Waals surface area (Å²) in [5, 5.41) is 5.92. The summed E-state index contributed by atoms with van der Waals surface area (Å²) in [7, 11) is 1.31. The first-order chi connectivity index (χ1) is 13.7. The number of benzene rings is 1. The first-order valence-corrected chi connectivity index (χ1v) is 9.39. The lowest BCUT2D eigenvalue weighted by molar-refractivity contribution is 0.0600. The Kier molecular flexibility index (Phi) is 6.73. The summed E-state index contributed by atoms with van der Waals surface area (Å²) in [5.41, 5.74) is 2.69. The number of hydrogen-bond donors (Lipinski definition) is 2. The number of anilines is 2. The largest absolute Gasteiger partial charge is 0.465 e. The zero-order chi connectivity index (χ0) is 19.8. The maximum absolute atomic E-state index is 12.4. The molecule has 28 heavy (non-hydrogen) atoms. The summed E-state index contributed by atoms with van der Waals surface area (Å²) in [5.74, 6) is -0.305. The van der Waals surface area contributed by atoms with Crippen LogP contribution >= 0.6 is 0 Å². The minimum absolute atomic E-state index is 0.337. The summed E-state index contributed by atoms with van der Waals surface area (Å²) in [6.45, 7) is 0.775. The zero-order valence-corrected chi connectivity index (χ0v) is 15.9. The van der Waals surface area contributed by atoms with Gasteiger partial charge in [0.25, 0.3) is 5.91 Å². The number of aromatic nitrogens is 2. The topological polar surface area (TPSA) is 93.2 Å². The van der Waals surface area contributed by atoms with Gasteiger partial charge in [0.05, 0.1) is 18.2 Å². The van der Waals surface area contributed by atoms with Gasteiger partial charge in [0.1, 0.15) is 0 Å². The van der Waals surface area contributed by atoms with E-state index in [0.717, 1.165) is 13.0 Å². The number of ether oxygens (including phenoxy) is 1. The number of hydrogen-bond acceptors (Lipinski definition) is 6. The third-order valence-corrected chi connectivity index (χ3v) is 4.57. The number of allylic oxidation sites excluding steroid dienone is 1. The molecule has 1 aliphatic carbocycles. The molecule has 0 saturated heterocycles. The van der Waals surface area contributed by atoms with Crippen molar-refractivity contribution >= 4 is 23.5 Å². The van der Waals surface area contributed by atoms with Crippen LogP contribution in [-0.2, 0) is 4.74 Å². The Bertz CT molecular complexity index is 862. The minimum Gasteiger partial charge on any atom is -0.465 e. The highest BCUT2D eigenvalue weighted by molar-refractivity contribution is 6.04. The molecule has 1 amide bonds. The summed E-state index contributed by atoms with van der Waals surface area (Å²) >= 11 is 0. The van der Waals surface area contributed by atoms with Crippen LogP contribution in [0.2, 0.25) is 0 Å². The van der Waals surface area contributed by atoms with E-state index in [2.05, 4.69) is 31.4 Å². The van der Waals surface area contributed by atoms with Gasteiger partial charge in [-0.1, -0.05) is 17.7 Å². The molecule has 0 atom stereocenters. The van der Waals surface area contributed by atoms with E-state index in [1.165, 1.54) is 50.8 Å². The third kappa shape index (κ3) is 5.39. The molecule has 0 aliphatic heterocycles. The second-order valence-corrected chi connectivity index (χ2v) is 6.61. The fourth-order valence-corrected chi connectivity index (χ4v) is 3.05. The average molecular weight is 380 g/mol. The second-order valence-electron chi connectivity index (χ2n) is 6.61. The van der Waals surface area contributed by atoms with E-state index in [-0.39, 0.29) is 5.91 Å². The first kappa shape index (κ1) is 19.5. The smallest absolute Gasteiger partial charge is 0.337 e. The molecule has 0 radical (unpaired) electrons. The molecule has 1 heterocycles. The van der Waals surface area contributed by atoms with Crippen LogP contribution in [0.15, 0.2) is 48.3 Å². The van der Waals surface area contributed by atoms with Crippen molar-refractivity contribution in [2.24, 2.45) is 0 Å². The average Bonchev–Trinajstić information content (AvgIpc) is 2.74. The molecule has 3 rings (SSSR count). The van der Waals surface area contributed by atoms with Gasteiger partial charge < -0.3 is 15.4 Å². The van der Waals surface area contributed by atoms with Crippen LogP contribution in [0.25, 0.3) is 0 Å². The van der Waals surface area contributed by atoms with Crippen LogP contribution in [0.3, 0.4) is 0 Å². The van der Waals surface area contributed by atoms with Gasteiger partial charge in [-0.2, -0.15) is 0 Å². The number of carbonyl (C=O) groups is 2. The highest BCUT2D eigenvalue weighted by Gasteiger charge is 2.11. The van der Waals surface area contributed by atoms with Gasteiger partial charge >= 0.3 is 5.97 Å². The molecular weight excluding hydrogens is 356 g/mol. The summed E-state index contributed by atoms with van der Waals surface area (Å²) in [6.07, 6.45) is 11.2.